The predicted octanol–water partition coefficient (Wildman–Crippen LogP) is 1.01. The number of rotatable bonds is 6. The van der Waals surface area contributed by atoms with Crippen molar-refractivity contribution in [1.29, 1.82) is 0 Å². The van der Waals surface area contributed by atoms with E-state index in [2.05, 4.69) is 22.1 Å². The van der Waals surface area contributed by atoms with Gasteiger partial charge in [-0.25, -0.2) is 9.89 Å². The molecule has 0 radical (unpaired) electrons. The van der Waals surface area contributed by atoms with E-state index in [1.165, 1.54) is 0 Å². The number of nitrogens with one attached hydrogen (secondary N) is 2. The third-order valence-corrected chi connectivity index (χ3v) is 3.85. The molecule has 1 saturated heterocycles. The van der Waals surface area contributed by atoms with Crippen molar-refractivity contribution in [3.8, 4) is 0 Å². The Morgan fingerprint density at radius 3 is 3.05 bits per heavy atom. The molecule has 7 nitrogen and oxygen atoms in total. The molecule has 1 aliphatic rings. The highest BCUT2D eigenvalue weighted by Crippen LogP contribution is 2.24. The summed E-state index contributed by atoms with van der Waals surface area (Å²) in [6.45, 7) is 5.84. The molecule has 0 aromatic carbocycles. The van der Waals surface area contributed by atoms with E-state index in [-0.39, 0.29) is 17.5 Å². The lowest BCUT2D eigenvalue weighted by Crippen LogP contribution is -2.44. The summed E-state index contributed by atoms with van der Waals surface area (Å²) in [6, 6.07) is 0. The van der Waals surface area contributed by atoms with E-state index >= 15 is 0 Å². The van der Waals surface area contributed by atoms with Gasteiger partial charge >= 0.3 is 5.69 Å². The van der Waals surface area contributed by atoms with Gasteiger partial charge in [-0.1, -0.05) is 13.3 Å². The van der Waals surface area contributed by atoms with E-state index in [0.717, 1.165) is 32.2 Å². The number of hydrogen-bond donors (Lipinski definition) is 2. The quantitative estimate of drug-likeness (QED) is 0.766. The van der Waals surface area contributed by atoms with E-state index in [1.807, 2.05) is 4.90 Å². The minimum Gasteiger partial charge on any atom is -0.369 e. The van der Waals surface area contributed by atoms with Crippen LogP contribution in [-0.4, -0.2) is 51.8 Å². The van der Waals surface area contributed by atoms with Crippen LogP contribution in [0, 0.1) is 0 Å². The monoisotopic (exact) mass is 296 g/mol. The van der Waals surface area contributed by atoms with Gasteiger partial charge in [-0.15, -0.1) is 0 Å². The fourth-order valence-electron chi connectivity index (χ4n) is 2.61. The van der Waals surface area contributed by atoms with Crippen LogP contribution in [-0.2, 0) is 9.53 Å². The highest BCUT2D eigenvalue weighted by Gasteiger charge is 2.29. The van der Waals surface area contributed by atoms with Crippen LogP contribution < -0.4 is 5.69 Å². The fraction of sp³-hybridized carbons (Fsp3) is 0.786. The van der Waals surface area contributed by atoms with Gasteiger partial charge in [0.05, 0.1) is 0 Å². The number of carbonyl (C=O) groups is 1. The molecule has 0 unspecified atom stereocenters. The molecule has 0 spiro atoms. The molecule has 1 aromatic rings. The number of H-pyrrole nitrogens is 2. The molecule has 2 N–H and O–H groups in total. The molecule has 2 rings (SSSR count). The molecule has 1 aliphatic heterocycles. The van der Waals surface area contributed by atoms with Gasteiger partial charge < -0.3 is 9.64 Å². The molecule has 1 aromatic heterocycles. The van der Waals surface area contributed by atoms with Crippen LogP contribution in [0.25, 0.3) is 0 Å². The second kappa shape index (κ2) is 7.40. The summed E-state index contributed by atoms with van der Waals surface area (Å²) in [4.78, 5) is 28.0. The maximum Gasteiger partial charge on any atom is 0.340 e. The average Bonchev–Trinajstić information content (AvgIpc) is 2.93. The Morgan fingerprint density at radius 2 is 2.38 bits per heavy atom. The number of hydrogen-bond acceptors (Lipinski definition) is 4. The Kier molecular flexibility index (Phi) is 5.55. The first-order valence-corrected chi connectivity index (χ1v) is 7.66. The Balaban J connectivity index is 1.91. The first kappa shape index (κ1) is 15.8. The zero-order valence-corrected chi connectivity index (χ0v) is 12.7. The first-order valence-electron chi connectivity index (χ1n) is 7.66. The molecule has 0 aliphatic carbocycles. The topological polar surface area (TPSA) is 91.1 Å². The van der Waals surface area contributed by atoms with Crippen LogP contribution in [0.2, 0.25) is 0 Å². The lowest BCUT2D eigenvalue weighted by molar-refractivity contribution is -0.144. The average molecular weight is 296 g/mol. The number of likely N-dealkylation sites (tertiary alicyclic amines) is 1. The molecule has 1 fully saturated rings. The molecule has 7 heteroatoms. The van der Waals surface area contributed by atoms with Crippen molar-refractivity contribution < 1.29 is 9.53 Å². The van der Waals surface area contributed by atoms with Crippen molar-refractivity contribution in [2.24, 2.45) is 0 Å². The molecule has 1 amide bonds. The lowest BCUT2D eigenvalue weighted by atomic mass is 9.97. The number of aromatic amines is 2. The van der Waals surface area contributed by atoms with E-state index < -0.39 is 6.10 Å². The third kappa shape index (κ3) is 4.17. The Morgan fingerprint density at radius 1 is 1.57 bits per heavy atom. The predicted molar refractivity (Wildman–Crippen MR) is 78.1 cm³/mol. The molecule has 2 heterocycles. The highest BCUT2D eigenvalue weighted by molar-refractivity contribution is 5.80. The number of piperidine rings is 1. The number of nitrogens with zero attached hydrogens (tertiary/aromatic N) is 2. The summed E-state index contributed by atoms with van der Waals surface area (Å²) < 4.78 is 5.57. The summed E-state index contributed by atoms with van der Waals surface area (Å²) in [7, 11) is 0. The van der Waals surface area contributed by atoms with E-state index in [9.17, 15) is 9.59 Å². The van der Waals surface area contributed by atoms with E-state index in [4.69, 9.17) is 4.74 Å². The standard InChI is InChI=1S/C14H24N4O3/c1-3-4-8-21-10(2)13(19)18-7-5-6-11(9-18)12-15-14(20)17-16-12/h10-11H,3-9H2,1-2H3,(H2,15,16,17,20)/t10-,11-/m0/s1. The Labute approximate surface area is 124 Å². The van der Waals surface area contributed by atoms with Crippen LogP contribution in [0.3, 0.4) is 0 Å². The maximum absolute atomic E-state index is 12.4. The van der Waals surface area contributed by atoms with Gasteiger partial charge in [-0.3, -0.25) is 9.78 Å². The molecular formula is C14H24N4O3. The minimum atomic E-state index is -0.409. The van der Waals surface area contributed by atoms with Crippen LogP contribution in [0.15, 0.2) is 4.79 Å². The first-order chi connectivity index (χ1) is 10.1. The van der Waals surface area contributed by atoms with Gasteiger partial charge in [0, 0.05) is 25.6 Å². The molecule has 2 atom stereocenters. The molecular weight excluding hydrogens is 272 g/mol. The SMILES string of the molecule is CCCCO[C@@H](C)C(=O)N1CCC[C@H](c2n[nH]c(=O)[nH]2)C1. The van der Waals surface area contributed by atoms with Crippen molar-refractivity contribution in [2.75, 3.05) is 19.7 Å². The molecule has 118 valence electrons. The van der Waals surface area contributed by atoms with Gasteiger partial charge in [-0.2, -0.15) is 5.10 Å². The summed E-state index contributed by atoms with van der Waals surface area (Å²) in [5, 5.41) is 6.35. The number of aromatic nitrogens is 3. The zero-order valence-electron chi connectivity index (χ0n) is 12.7. The summed E-state index contributed by atoms with van der Waals surface area (Å²) in [6.07, 6.45) is 3.45. The molecule has 0 saturated carbocycles. The number of carbonyl (C=O) groups excluding carboxylic acids is 1. The Bertz CT molecular complexity index is 510. The van der Waals surface area contributed by atoms with Crippen molar-refractivity contribution in [2.45, 2.75) is 51.6 Å². The van der Waals surface area contributed by atoms with Gasteiger partial charge in [0.2, 0.25) is 0 Å². The van der Waals surface area contributed by atoms with E-state index in [1.54, 1.807) is 6.92 Å². The van der Waals surface area contributed by atoms with Crippen molar-refractivity contribution in [3.63, 3.8) is 0 Å². The Hall–Kier alpha value is -1.63. The van der Waals surface area contributed by atoms with Gasteiger partial charge in [-0.05, 0) is 26.2 Å². The smallest absolute Gasteiger partial charge is 0.340 e. The maximum atomic E-state index is 12.4. The summed E-state index contributed by atoms with van der Waals surface area (Å²) in [5.41, 5.74) is -0.301. The second-order valence-corrected chi connectivity index (χ2v) is 5.55. The zero-order chi connectivity index (χ0) is 15.2. The van der Waals surface area contributed by atoms with Crippen molar-refractivity contribution in [1.82, 2.24) is 20.1 Å². The van der Waals surface area contributed by atoms with Gasteiger partial charge in [0.15, 0.2) is 0 Å². The highest BCUT2D eigenvalue weighted by atomic mass is 16.5. The fourth-order valence-corrected chi connectivity index (χ4v) is 2.61. The lowest BCUT2D eigenvalue weighted by Gasteiger charge is -2.33. The van der Waals surface area contributed by atoms with Crippen LogP contribution in [0.1, 0.15) is 51.3 Å². The number of amides is 1. The summed E-state index contributed by atoms with van der Waals surface area (Å²) >= 11 is 0. The van der Waals surface area contributed by atoms with Gasteiger partial charge in [0.1, 0.15) is 11.9 Å². The second-order valence-electron chi connectivity index (χ2n) is 5.55. The molecule has 0 bridgehead atoms. The largest absolute Gasteiger partial charge is 0.369 e. The summed E-state index contributed by atoms with van der Waals surface area (Å²) in [5.74, 6) is 0.746. The third-order valence-electron chi connectivity index (χ3n) is 3.85. The minimum absolute atomic E-state index is 0.0219. The van der Waals surface area contributed by atoms with Crippen molar-refractivity contribution in [3.05, 3.63) is 16.3 Å². The van der Waals surface area contributed by atoms with E-state index in [0.29, 0.717) is 19.0 Å². The van der Waals surface area contributed by atoms with Crippen LogP contribution in [0.4, 0.5) is 0 Å². The van der Waals surface area contributed by atoms with Crippen LogP contribution >= 0.6 is 0 Å². The molecule has 21 heavy (non-hydrogen) atoms. The van der Waals surface area contributed by atoms with Crippen molar-refractivity contribution >= 4 is 5.91 Å². The van der Waals surface area contributed by atoms with Crippen LogP contribution in [0.5, 0.6) is 0 Å². The number of ether oxygens (including phenoxy) is 1. The van der Waals surface area contributed by atoms with Gasteiger partial charge in [0.25, 0.3) is 5.91 Å². The number of unbranched alkanes of at least 4 members (excludes halogenated alkanes) is 1. The normalized spacial score (nSPS) is 20.5.